The zero-order chi connectivity index (χ0) is 19.9. The predicted octanol–water partition coefficient (Wildman–Crippen LogP) is 3.24. The summed E-state index contributed by atoms with van der Waals surface area (Å²) in [5.74, 6) is -0.932. The van der Waals surface area contributed by atoms with Gasteiger partial charge in [-0.25, -0.2) is 4.79 Å². The minimum Gasteiger partial charge on any atom is -0.492 e. The largest absolute Gasteiger partial charge is 0.492 e. The Morgan fingerprint density at radius 2 is 1.68 bits per heavy atom. The van der Waals surface area contributed by atoms with Crippen LogP contribution in [-0.4, -0.2) is 38.4 Å². The summed E-state index contributed by atoms with van der Waals surface area (Å²) in [6, 6.07) is 20.0. The highest BCUT2D eigenvalue weighted by molar-refractivity contribution is 6.40. The second-order valence-electron chi connectivity index (χ2n) is 6.02. The summed E-state index contributed by atoms with van der Waals surface area (Å²) in [5, 5.41) is 2.21. The first-order valence-corrected chi connectivity index (χ1v) is 8.68. The zero-order valence-electron chi connectivity index (χ0n) is 15.3. The second kappa shape index (κ2) is 8.81. The van der Waals surface area contributed by atoms with Crippen molar-refractivity contribution in [3.05, 3.63) is 72.3 Å². The summed E-state index contributed by atoms with van der Waals surface area (Å²) in [6.45, 7) is 0.639. The zero-order valence-corrected chi connectivity index (χ0v) is 15.3. The molecule has 0 aliphatic rings. The molecule has 142 valence electrons. The van der Waals surface area contributed by atoms with Crippen LogP contribution in [0, 0.1) is 0 Å². The van der Waals surface area contributed by atoms with Gasteiger partial charge in [0.2, 0.25) is 6.41 Å². The Hall–Kier alpha value is -3.67. The van der Waals surface area contributed by atoms with Gasteiger partial charge in [0.15, 0.2) is 0 Å². The molecule has 0 unspecified atom stereocenters. The Balaban J connectivity index is 1.61. The van der Waals surface area contributed by atoms with E-state index in [1.807, 2.05) is 42.5 Å². The number of nitrogens with zero attached hydrogens (tertiary/aromatic N) is 1. The van der Waals surface area contributed by atoms with Crippen molar-refractivity contribution in [3.63, 3.8) is 0 Å². The molecule has 6 heteroatoms. The monoisotopic (exact) mass is 377 g/mol. The molecule has 3 aromatic rings. The maximum atomic E-state index is 11.8. The molecule has 0 fully saturated rings. The molecule has 3 aromatic carbocycles. The molecule has 0 saturated heterocycles. The fraction of sp³-hybridized carbons (Fsp3) is 0.136. The van der Waals surface area contributed by atoms with Gasteiger partial charge in [-0.1, -0.05) is 30.3 Å². The van der Waals surface area contributed by atoms with Crippen LogP contribution in [0.2, 0.25) is 0 Å². The van der Waals surface area contributed by atoms with Crippen molar-refractivity contribution in [1.82, 2.24) is 0 Å². The number of hydrogen-bond donors (Lipinski definition) is 0. The van der Waals surface area contributed by atoms with E-state index in [1.165, 1.54) is 17.0 Å². The minimum absolute atomic E-state index is 0.203. The lowest BCUT2D eigenvalue weighted by Gasteiger charge is -2.18. The van der Waals surface area contributed by atoms with Gasteiger partial charge in [0.05, 0.1) is 13.7 Å². The number of carbonyl (C=O) groups excluding carboxylic acids is 3. The molecule has 0 aromatic heterocycles. The molecule has 3 rings (SSSR count). The van der Waals surface area contributed by atoms with Gasteiger partial charge in [0, 0.05) is 11.3 Å². The van der Waals surface area contributed by atoms with Crippen molar-refractivity contribution in [3.8, 4) is 5.75 Å². The highest BCUT2D eigenvalue weighted by Crippen LogP contribution is 2.21. The van der Waals surface area contributed by atoms with Crippen LogP contribution in [0.25, 0.3) is 10.8 Å². The van der Waals surface area contributed by atoms with Crippen molar-refractivity contribution in [2.24, 2.45) is 0 Å². The smallest absolute Gasteiger partial charge is 0.379 e. The number of hydrogen-bond acceptors (Lipinski definition) is 5. The van der Waals surface area contributed by atoms with Crippen molar-refractivity contribution < 1.29 is 23.9 Å². The Kier molecular flexibility index (Phi) is 6.01. The molecule has 0 spiro atoms. The highest BCUT2D eigenvalue weighted by atomic mass is 16.5. The molecule has 6 nitrogen and oxygen atoms in total. The first-order valence-electron chi connectivity index (χ1n) is 8.68. The number of fused-ring (bicyclic) bond motifs is 1. The molecule has 0 bridgehead atoms. The van der Waals surface area contributed by atoms with Gasteiger partial charge in [-0.15, -0.1) is 0 Å². The maximum Gasteiger partial charge on any atom is 0.379 e. The van der Waals surface area contributed by atoms with Crippen LogP contribution < -0.4 is 9.64 Å². The number of amides is 1. The van der Waals surface area contributed by atoms with Gasteiger partial charge in [0.1, 0.15) is 12.4 Å². The second-order valence-corrected chi connectivity index (χ2v) is 6.02. The predicted molar refractivity (Wildman–Crippen MR) is 106 cm³/mol. The van der Waals surface area contributed by atoms with Gasteiger partial charge >= 0.3 is 5.97 Å². The number of ketones is 1. The Labute approximate surface area is 162 Å². The summed E-state index contributed by atoms with van der Waals surface area (Å²) in [6.07, 6.45) is 0.695. The SMILES string of the molecule is COC(=O)C(=O)c1ccc(N(C=O)CCOc2ccc3ccccc3c2)cc1. The Morgan fingerprint density at radius 1 is 0.964 bits per heavy atom. The van der Waals surface area contributed by atoms with Gasteiger partial charge < -0.3 is 14.4 Å². The average molecular weight is 377 g/mol. The van der Waals surface area contributed by atoms with Crippen molar-refractivity contribution in [2.75, 3.05) is 25.2 Å². The normalized spacial score (nSPS) is 10.3. The minimum atomic E-state index is -0.927. The molecule has 0 atom stereocenters. The molecule has 0 aliphatic heterocycles. The van der Waals surface area contributed by atoms with Gasteiger partial charge in [0.25, 0.3) is 5.78 Å². The molecule has 0 radical (unpaired) electrons. The number of carbonyl (C=O) groups is 3. The number of rotatable bonds is 8. The fourth-order valence-electron chi connectivity index (χ4n) is 2.78. The number of benzene rings is 3. The van der Waals surface area contributed by atoms with E-state index in [4.69, 9.17) is 4.74 Å². The van der Waals surface area contributed by atoms with E-state index >= 15 is 0 Å². The third-order valence-electron chi connectivity index (χ3n) is 4.28. The lowest BCUT2D eigenvalue weighted by molar-refractivity contribution is -0.135. The van der Waals surface area contributed by atoms with Crippen LogP contribution in [-0.2, 0) is 14.3 Å². The molecule has 0 saturated carbocycles. The highest BCUT2D eigenvalue weighted by Gasteiger charge is 2.16. The fourth-order valence-corrected chi connectivity index (χ4v) is 2.78. The molecular weight excluding hydrogens is 358 g/mol. The van der Waals surface area contributed by atoms with Crippen molar-refractivity contribution in [2.45, 2.75) is 0 Å². The maximum absolute atomic E-state index is 11.8. The number of methoxy groups -OCH3 is 1. The summed E-state index contributed by atoms with van der Waals surface area (Å²) in [4.78, 5) is 36.0. The number of esters is 1. The Bertz CT molecular complexity index is 997. The first kappa shape index (κ1) is 19.1. The Morgan fingerprint density at radius 3 is 2.36 bits per heavy atom. The van der Waals surface area contributed by atoms with E-state index in [2.05, 4.69) is 4.74 Å². The van der Waals surface area contributed by atoms with Gasteiger partial charge in [-0.2, -0.15) is 0 Å². The summed E-state index contributed by atoms with van der Waals surface area (Å²) in [5.41, 5.74) is 0.799. The van der Waals surface area contributed by atoms with Gasteiger partial charge in [-0.05, 0) is 47.2 Å². The van der Waals surface area contributed by atoms with Crippen LogP contribution in [0.15, 0.2) is 66.7 Å². The molecule has 28 heavy (non-hydrogen) atoms. The van der Waals surface area contributed by atoms with Crippen LogP contribution >= 0.6 is 0 Å². The number of Topliss-reactive ketones (excluding diaryl/α,β-unsaturated/α-hetero) is 1. The molecule has 1 amide bonds. The van der Waals surface area contributed by atoms with E-state index in [9.17, 15) is 14.4 Å². The average Bonchev–Trinajstić information content (AvgIpc) is 2.75. The topological polar surface area (TPSA) is 72.9 Å². The standard InChI is InChI=1S/C22H19NO5/c1-27-22(26)21(25)17-6-9-19(10-7-17)23(15-24)12-13-28-20-11-8-16-4-2-3-5-18(16)14-20/h2-11,14-15H,12-13H2,1H3. The van der Waals surface area contributed by atoms with Crippen LogP contribution in [0.5, 0.6) is 5.75 Å². The number of ether oxygens (including phenoxy) is 2. The van der Waals surface area contributed by atoms with E-state index in [0.717, 1.165) is 23.6 Å². The summed E-state index contributed by atoms with van der Waals surface area (Å²) >= 11 is 0. The van der Waals surface area contributed by atoms with Crippen LogP contribution in [0.3, 0.4) is 0 Å². The summed E-state index contributed by atoms with van der Waals surface area (Å²) in [7, 11) is 1.15. The molecule has 0 heterocycles. The lowest BCUT2D eigenvalue weighted by atomic mass is 10.1. The van der Waals surface area contributed by atoms with Crippen LogP contribution in [0.4, 0.5) is 5.69 Å². The molecular formula is C22H19NO5. The molecule has 0 aliphatic carbocycles. The number of anilines is 1. The quantitative estimate of drug-likeness (QED) is 0.261. The summed E-state index contributed by atoms with van der Waals surface area (Å²) < 4.78 is 10.2. The van der Waals surface area contributed by atoms with Gasteiger partial charge in [-0.3, -0.25) is 9.59 Å². The van der Waals surface area contributed by atoms with E-state index in [-0.39, 0.29) is 5.56 Å². The first-order chi connectivity index (χ1) is 13.6. The van der Waals surface area contributed by atoms with Crippen LogP contribution in [0.1, 0.15) is 10.4 Å². The van der Waals surface area contributed by atoms with E-state index < -0.39 is 11.8 Å². The molecule has 0 N–H and O–H groups in total. The lowest BCUT2D eigenvalue weighted by Crippen LogP contribution is -2.26. The van der Waals surface area contributed by atoms with Crippen molar-refractivity contribution >= 4 is 34.6 Å². The third-order valence-corrected chi connectivity index (χ3v) is 4.28. The van der Waals surface area contributed by atoms with E-state index in [0.29, 0.717) is 25.2 Å². The van der Waals surface area contributed by atoms with Crippen molar-refractivity contribution in [1.29, 1.82) is 0 Å². The third kappa shape index (κ3) is 4.35. The van der Waals surface area contributed by atoms with E-state index in [1.54, 1.807) is 12.1 Å².